The Morgan fingerprint density at radius 2 is 1.02 bits per heavy atom. The zero-order valence-electron chi connectivity index (χ0n) is 23.1. The van der Waals surface area contributed by atoms with Crippen LogP contribution in [-0.4, -0.2) is 57.7 Å². The van der Waals surface area contributed by atoms with Crippen LogP contribution in [0.5, 0.6) is 0 Å². The molecule has 2 aliphatic heterocycles. The van der Waals surface area contributed by atoms with Crippen molar-refractivity contribution in [2.45, 2.75) is 52.0 Å². The minimum absolute atomic E-state index is 0.260. The number of aliphatic hydroxyl groups excluding tert-OH is 1. The Kier molecular flexibility index (Phi) is 5.84. The molecule has 1 unspecified atom stereocenters. The molecule has 1 N–H and O–H groups in total. The Bertz CT molecular complexity index is 1830. The van der Waals surface area contributed by atoms with Gasteiger partial charge in [0.25, 0.3) is 23.6 Å². The van der Waals surface area contributed by atoms with Crippen LogP contribution in [0.15, 0.2) is 48.5 Å². The van der Waals surface area contributed by atoms with Crippen molar-refractivity contribution in [2.75, 3.05) is 13.2 Å². The Morgan fingerprint density at radius 1 is 0.585 bits per heavy atom. The molecule has 206 valence electrons. The normalized spacial score (nSPS) is 15.9. The maximum Gasteiger partial charge on any atom is 0.261 e. The summed E-state index contributed by atoms with van der Waals surface area (Å²) in [5, 5.41) is 16.3. The van der Waals surface area contributed by atoms with Crippen molar-refractivity contribution in [3.05, 3.63) is 70.8 Å². The molecule has 1 atom stereocenters. The molecule has 2 heterocycles. The largest absolute Gasteiger partial charge is 0.394 e. The number of unbranched alkanes of at least 4 members (excludes halogenated alkanes) is 3. The van der Waals surface area contributed by atoms with Gasteiger partial charge >= 0.3 is 0 Å². The molecule has 7 rings (SSSR count). The molecule has 0 bridgehead atoms. The lowest BCUT2D eigenvalue weighted by atomic mass is 9.82. The van der Waals surface area contributed by atoms with Gasteiger partial charge < -0.3 is 5.11 Å². The number of benzene rings is 5. The summed E-state index contributed by atoms with van der Waals surface area (Å²) in [5.41, 5.74) is 1.93. The van der Waals surface area contributed by atoms with Gasteiger partial charge in [0.15, 0.2) is 0 Å². The third-order valence-corrected chi connectivity index (χ3v) is 9.03. The number of nitrogens with zero attached hydrogens (tertiary/aromatic N) is 2. The minimum atomic E-state index is -0.594. The van der Waals surface area contributed by atoms with Crippen molar-refractivity contribution in [1.82, 2.24) is 9.80 Å². The molecular weight excluding hydrogens is 516 g/mol. The fraction of sp³-hybridized carbons (Fsp3) is 0.294. The van der Waals surface area contributed by atoms with E-state index in [4.69, 9.17) is 0 Å². The summed E-state index contributed by atoms with van der Waals surface area (Å²) in [4.78, 5) is 57.0. The fourth-order valence-corrected chi connectivity index (χ4v) is 6.96. The van der Waals surface area contributed by atoms with Crippen LogP contribution < -0.4 is 0 Å². The van der Waals surface area contributed by atoms with Crippen LogP contribution in [0, 0.1) is 0 Å². The third-order valence-electron chi connectivity index (χ3n) is 9.03. The molecule has 7 nitrogen and oxygen atoms in total. The van der Waals surface area contributed by atoms with Gasteiger partial charge in [0, 0.05) is 39.6 Å². The fourth-order valence-electron chi connectivity index (χ4n) is 6.96. The molecule has 0 fully saturated rings. The van der Waals surface area contributed by atoms with Gasteiger partial charge in [-0.05, 0) is 69.4 Å². The Balaban J connectivity index is 1.47. The van der Waals surface area contributed by atoms with E-state index in [2.05, 4.69) is 6.92 Å². The highest BCUT2D eigenvalue weighted by Crippen LogP contribution is 2.46. The van der Waals surface area contributed by atoms with Gasteiger partial charge in [-0.1, -0.05) is 57.4 Å². The van der Waals surface area contributed by atoms with E-state index in [-0.39, 0.29) is 18.4 Å². The van der Waals surface area contributed by atoms with E-state index in [1.54, 1.807) is 12.1 Å². The monoisotopic (exact) mass is 546 g/mol. The van der Waals surface area contributed by atoms with Crippen LogP contribution in [0.25, 0.3) is 43.1 Å². The van der Waals surface area contributed by atoms with E-state index in [0.29, 0.717) is 46.0 Å². The van der Waals surface area contributed by atoms with Gasteiger partial charge in [-0.2, -0.15) is 0 Å². The third kappa shape index (κ3) is 3.36. The summed E-state index contributed by atoms with van der Waals surface area (Å²) in [6.45, 7) is 4.08. The highest BCUT2D eigenvalue weighted by atomic mass is 16.3. The number of rotatable bonds is 8. The first-order valence-electron chi connectivity index (χ1n) is 14.5. The molecule has 4 amide bonds. The number of carbonyl (C=O) groups is 4. The maximum atomic E-state index is 13.6. The van der Waals surface area contributed by atoms with Gasteiger partial charge in [0.05, 0.1) is 12.6 Å². The van der Waals surface area contributed by atoms with E-state index in [1.807, 2.05) is 43.3 Å². The summed E-state index contributed by atoms with van der Waals surface area (Å²) < 4.78 is 0. The molecule has 0 aliphatic carbocycles. The summed E-state index contributed by atoms with van der Waals surface area (Å²) in [5.74, 6) is -1.33. The average molecular weight is 547 g/mol. The summed E-state index contributed by atoms with van der Waals surface area (Å²) in [7, 11) is 0. The molecule has 5 aromatic carbocycles. The number of carbonyl (C=O) groups excluding carboxylic acids is 4. The second-order valence-corrected chi connectivity index (χ2v) is 11.2. The molecule has 7 heteroatoms. The number of aliphatic hydroxyl groups is 1. The molecule has 0 saturated heterocycles. The van der Waals surface area contributed by atoms with Crippen LogP contribution in [0.2, 0.25) is 0 Å². The van der Waals surface area contributed by atoms with Gasteiger partial charge in [0.1, 0.15) is 0 Å². The summed E-state index contributed by atoms with van der Waals surface area (Å²) in [6, 6.07) is 14.2. The zero-order valence-corrected chi connectivity index (χ0v) is 23.1. The van der Waals surface area contributed by atoms with Crippen LogP contribution in [0.3, 0.4) is 0 Å². The van der Waals surface area contributed by atoms with Gasteiger partial charge in [-0.3, -0.25) is 29.0 Å². The topological polar surface area (TPSA) is 95.0 Å². The quantitative estimate of drug-likeness (QED) is 0.107. The molecular formula is C34H30N2O5. The molecule has 41 heavy (non-hydrogen) atoms. The second kappa shape index (κ2) is 9.35. The predicted octanol–water partition coefficient (Wildman–Crippen LogP) is 6.28. The van der Waals surface area contributed by atoms with E-state index >= 15 is 0 Å². The van der Waals surface area contributed by atoms with Crippen LogP contribution in [-0.2, 0) is 0 Å². The van der Waals surface area contributed by atoms with Crippen molar-refractivity contribution in [2.24, 2.45) is 0 Å². The number of fused-ring (bicyclic) bond motifs is 2. The minimum Gasteiger partial charge on any atom is -0.394 e. The van der Waals surface area contributed by atoms with E-state index in [1.165, 1.54) is 9.80 Å². The molecule has 0 aromatic heterocycles. The second-order valence-electron chi connectivity index (χ2n) is 11.2. The number of hydrogen-bond donors (Lipinski definition) is 1. The number of hydrogen-bond acceptors (Lipinski definition) is 5. The maximum absolute atomic E-state index is 13.6. The number of imide groups is 2. The SMILES string of the molecule is CCCCCCN1C(=O)c2ccc3c4ccc5c6c(ccc(c7ccc(c2c37)C1=O)c64)C(=O)N(C(CC)CO)C5=O. The molecule has 5 aromatic rings. The van der Waals surface area contributed by atoms with Crippen LogP contribution in [0.4, 0.5) is 0 Å². The standard InChI is InChI=1S/C34H30N2O5/c1-3-5-6-7-16-35-31(38)23-12-8-19-21-10-14-25-30-26(34(41)36(33(25)40)18(4-2)17-37)15-11-22(28(21)30)20-9-13-24(32(35)39)29(23)27(19)20/h8-15,18,37H,3-7,16-17H2,1-2H3. The van der Waals surface area contributed by atoms with Crippen LogP contribution in [0.1, 0.15) is 87.4 Å². The summed E-state index contributed by atoms with van der Waals surface area (Å²) >= 11 is 0. The van der Waals surface area contributed by atoms with E-state index in [9.17, 15) is 24.3 Å². The Labute approximate surface area is 236 Å². The van der Waals surface area contributed by atoms with E-state index in [0.717, 1.165) is 58.0 Å². The lowest BCUT2D eigenvalue weighted by Crippen LogP contribution is -2.48. The highest BCUT2D eigenvalue weighted by Gasteiger charge is 2.38. The van der Waals surface area contributed by atoms with Crippen molar-refractivity contribution in [3.8, 4) is 0 Å². The first-order valence-corrected chi connectivity index (χ1v) is 14.5. The summed E-state index contributed by atoms with van der Waals surface area (Å²) in [6.07, 6.45) is 4.36. The van der Waals surface area contributed by atoms with Gasteiger partial charge in [-0.25, -0.2) is 0 Å². The van der Waals surface area contributed by atoms with Crippen LogP contribution >= 0.6 is 0 Å². The van der Waals surface area contributed by atoms with Gasteiger partial charge in [-0.15, -0.1) is 0 Å². The average Bonchev–Trinajstić information content (AvgIpc) is 2.99. The molecule has 0 radical (unpaired) electrons. The van der Waals surface area contributed by atoms with Crippen molar-refractivity contribution < 1.29 is 24.3 Å². The lowest BCUT2D eigenvalue weighted by Gasteiger charge is -2.33. The first kappa shape index (κ1) is 25.6. The Hall–Kier alpha value is -4.36. The smallest absolute Gasteiger partial charge is 0.261 e. The van der Waals surface area contributed by atoms with Crippen molar-refractivity contribution in [1.29, 1.82) is 0 Å². The van der Waals surface area contributed by atoms with E-state index < -0.39 is 17.9 Å². The first-order chi connectivity index (χ1) is 19.9. The van der Waals surface area contributed by atoms with Crippen molar-refractivity contribution >= 4 is 66.7 Å². The lowest BCUT2D eigenvalue weighted by molar-refractivity contribution is 0.0464. The predicted molar refractivity (Wildman–Crippen MR) is 159 cm³/mol. The zero-order chi connectivity index (χ0) is 28.6. The molecule has 2 aliphatic rings. The highest BCUT2D eigenvalue weighted by molar-refractivity contribution is 6.41. The van der Waals surface area contributed by atoms with Gasteiger partial charge in [0.2, 0.25) is 0 Å². The Morgan fingerprint density at radius 3 is 1.41 bits per heavy atom. The number of amides is 4. The molecule has 0 saturated carbocycles. The molecule has 0 spiro atoms. The van der Waals surface area contributed by atoms with Crippen molar-refractivity contribution in [3.63, 3.8) is 0 Å².